The van der Waals surface area contributed by atoms with E-state index in [1.807, 2.05) is 0 Å². The molecule has 2 amide bonds. The van der Waals surface area contributed by atoms with Crippen molar-refractivity contribution in [2.24, 2.45) is 0 Å². The smallest absolute Gasteiger partial charge is 0.410 e. The quantitative estimate of drug-likeness (QED) is 0.825. The predicted molar refractivity (Wildman–Crippen MR) is 73.4 cm³/mol. The van der Waals surface area contributed by atoms with E-state index < -0.39 is 0 Å². The lowest BCUT2D eigenvalue weighted by Crippen LogP contribution is -2.47. The van der Waals surface area contributed by atoms with E-state index in [1.54, 1.807) is 21.9 Å². The molecule has 0 aliphatic carbocycles. The van der Waals surface area contributed by atoms with E-state index in [1.165, 1.54) is 0 Å². The molecule has 2 fully saturated rings. The van der Waals surface area contributed by atoms with Crippen LogP contribution in [-0.2, 0) is 4.74 Å². The van der Waals surface area contributed by atoms with Crippen LogP contribution in [0, 0.1) is 0 Å². The first-order valence-corrected chi connectivity index (χ1v) is 7.42. The number of carbonyl (C=O) groups excluding carboxylic acids is 2. The maximum Gasteiger partial charge on any atom is 0.410 e. The summed E-state index contributed by atoms with van der Waals surface area (Å²) in [7, 11) is 0. The Kier molecular flexibility index (Phi) is 3.69. The number of cyclic esters (lactones) is 1. The average molecular weight is 343 g/mol. The van der Waals surface area contributed by atoms with Crippen molar-refractivity contribution < 1.29 is 18.7 Å². The molecule has 7 heteroatoms. The van der Waals surface area contributed by atoms with Gasteiger partial charge in [0.1, 0.15) is 6.61 Å². The van der Waals surface area contributed by atoms with Crippen LogP contribution >= 0.6 is 15.9 Å². The van der Waals surface area contributed by atoms with Crippen LogP contribution in [0.1, 0.15) is 23.4 Å². The van der Waals surface area contributed by atoms with Gasteiger partial charge in [-0.05, 0) is 40.9 Å². The molecule has 0 radical (unpaired) electrons. The molecule has 108 valence electrons. The van der Waals surface area contributed by atoms with Crippen LogP contribution in [0.5, 0.6) is 0 Å². The second-order valence-corrected chi connectivity index (χ2v) is 5.72. The summed E-state index contributed by atoms with van der Waals surface area (Å²) < 4.78 is 10.8. The van der Waals surface area contributed by atoms with Crippen molar-refractivity contribution in [3.8, 4) is 0 Å². The molecule has 2 aliphatic rings. The normalized spacial score (nSPS) is 20.4. The second-order valence-electron chi connectivity index (χ2n) is 4.93. The minimum Gasteiger partial charge on any atom is -0.448 e. The minimum atomic E-state index is -0.232. The van der Waals surface area contributed by atoms with Crippen molar-refractivity contribution in [3.63, 3.8) is 0 Å². The standard InChI is InChI=1S/C13H15BrN2O4/c14-11-2-1-10(20-11)12(17)15-5-3-9(4-6-15)16-7-8-19-13(16)18/h1-2,9H,3-8H2. The van der Waals surface area contributed by atoms with Gasteiger partial charge in [0, 0.05) is 19.1 Å². The van der Waals surface area contributed by atoms with Crippen LogP contribution in [0.2, 0.25) is 0 Å². The van der Waals surface area contributed by atoms with Gasteiger partial charge in [-0.2, -0.15) is 0 Å². The third kappa shape index (κ3) is 2.54. The summed E-state index contributed by atoms with van der Waals surface area (Å²) in [4.78, 5) is 27.3. The van der Waals surface area contributed by atoms with Crippen LogP contribution in [0.3, 0.4) is 0 Å². The lowest BCUT2D eigenvalue weighted by molar-refractivity contribution is 0.0626. The molecule has 2 aliphatic heterocycles. The van der Waals surface area contributed by atoms with Gasteiger partial charge in [0.2, 0.25) is 0 Å². The molecule has 3 rings (SSSR count). The van der Waals surface area contributed by atoms with Gasteiger partial charge in [-0.15, -0.1) is 0 Å². The molecule has 1 aromatic heterocycles. The van der Waals surface area contributed by atoms with Crippen LogP contribution in [0.4, 0.5) is 4.79 Å². The van der Waals surface area contributed by atoms with Crippen LogP contribution in [-0.4, -0.2) is 54.1 Å². The topological polar surface area (TPSA) is 63.0 Å². The number of halogens is 1. The number of hydrogen-bond donors (Lipinski definition) is 0. The highest BCUT2D eigenvalue weighted by molar-refractivity contribution is 9.10. The van der Waals surface area contributed by atoms with Crippen LogP contribution < -0.4 is 0 Å². The first kappa shape index (κ1) is 13.5. The van der Waals surface area contributed by atoms with E-state index in [4.69, 9.17) is 9.15 Å². The Morgan fingerprint density at radius 3 is 2.55 bits per heavy atom. The first-order valence-electron chi connectivity index (χ1n) is 6.63. The Labute approximate surface area is 124 Å². The fourth-order valence-corrected chi connectivity index (χ4v) is 3.01. The lowest BCUT2D eigenvalue weighted by atomic mass is 10.0. The maximum absolute atomic E-state index is 12.2. The molecule has 0 aromatic carbocycles. The number of carbonyl (C=O) groups is 2. The Morgan fingerprint density at radius 1 is 1.25 bits per heavy atom. The highest BCUT2D eigenvalue weighted by atomic mass is 79.9. The van der Waals surface area contributed by atoms with Crippen LogP contribution in [0.25, 0.3) is 0 Å². The molecular weight excluding hydrogens is 328 g/mol. The van der Waals surface area contributed by atoms with Gasteiger partial charge in [-0.3, -0.25) is 4.79 Å². The summed E-state index contributed by atoms with van der Waals surface area (Å²) in [5, 5.41) is 0. The monoisotopic (exact) mass is 342 g/mol. The average Bonchev–Trinajstić information content (AvgIpc) is 3.07. The zero-order valence-electron chi connectivity index (χ0n) is 10.9. The van der Waals surface area contributed by atoms with Gasteiger partial charge in [0.05, 0.1) is 6.54 Å². The lowest BCUT2D eigenvalue weighted by Gasteiger charge is -2.35. The highest BCUT2D eigenvalue weighted by Crippen LogP contribution is 2.22. The van der Waals surface area contributed by atoms with Gasteiger partial charge in [0.15, 0.2) is 10.4 Å². The highest BCUT2D eigenvalue weighted by Gasteiger charge is 2.33. The van der Waals surface area contributed by atoms with Gasteiger partial charge in [-0.1, -0.05) is 0 Å². The molecule has 0 bridgehead atoms. The van der Waals surface area contributed by atoms with E-state index in [0.29, 0.717) is 36.7 Å². The third-order valence-corrected chi connectivity index (χ3v) is 4.19. The second kappa shape index (κ2) is 5.47. The fraction of sp³-hybridized carbons (Fsp3) is 0.538. The molecule has 0 saturated carbocycles. The largest absolute Gasteiger partial charge is 0.448 e. The van der Waals surface area contributed by atoms with Crippen LogP contribution in [0.15, 0.2) is 21.2 Å². The van der Waals surface area contributed by atoms with Crippen molar-refractivity contribution in [1.29, 1.82) is 0 Å². The number of furan rings is 1. The summed E-state index contributed by atoms with van der Waals surface area (Å²) in [6, 6.07) is 3.55. The number of ether oxygens (including phenoxy) is 1. The number of amides is 2. The summed E-state index contributed by atoms with van der Waals surface area (Å²) in [6.07, 6.45) is 1.33. The number of nitrogens with zero attached hydrogens (tertiary/aromatic N) is 2. The van der Waals surface area contributed by atoms with Gasteiger partial charge >= 0.3 is 6.09 Å². The molecule has 3 heterocycles. The molecular formula is C13H15BrN2O4. The molecule has 0 spiro atoms. The molecule has 0 N–H and O–H groups in total. The van der Waals surface area contributed by atoms with Crippen molar-refractivity contribution in [1.82, 2.24) is 9.80 Å². The zero-order chi connectivity index (χ0) is 14.1. The van der Waals surface area contributed by atoms with Gasteiger partial charge in [0.25, 0.3) is 5.91 Å². The van der Waals surface area contributed by atoms with Crippen molar-refractivity contribution in [3.05, 3.63) is 22.6 Å². The summed E-state index contributed by atoms with van der Waals surface area (Å²) in [6.45, 7) is 2.39. The predicted octanol–water partition coefficient (Wildman–Crippen LogP) is 2.10. The first-order chi connectivity index (χ1) is 9.65. The SMILES string of the molecule is O=C(c1ccc(Br)o1)N1CCC(N2CCOC2=O)CC1. The molecule has 0 atom stereocenters. The third-order valence-electron chi connectivity index (χ3n) is 3.77. The molecule has 0 unspecified atom stereocenters. The van der Waals surface area contributed by atoms with Crippen molar-refractivity contribution in [2.75, 3.05) is 26.2 Å². The van der Waals surface area contributed by atoms with E-state index in [0.717, 1.165) is 12.8 Å². The summed E-state index contributed by atoms with van der Waals surface area (Å²) >= 11 is 3.19. The van der Waals surface area contributed by atoms with E-state index in [-0.39, 0.29) is 18.0 Å². The Balaban J connectivity index is 1.58. The molecule has 2 saturated heterocycles. The Morgan fingerprint density at radius 2 is 2.00 bits per heavy atom. The molecule has 1 aromatic rings. The number of rotatable bonds is 2. The summed E-state index contributed by atoms with van der Waals surface area (Å²) in [5.74, 6) is 0.244. The minimum absolute atomic E-state index is 0.0989. The van der Waals surface area contributed by atoms with E-state index in [9.17, 15) is 9.59 Å². The van der Waals surface area contributed by atoms with E-state index >= 15 is 0 Å². The van der Waals surface area contributed by atoms with Crippen molar-refractivity contribution in [2.45, 2.75) is 18.9 Å². The van der Waals surface area contributed by atoms with E-state index in [2.05, 4.69) is 15.9 Å². The number of piperidine rings is 1. The Bertz CT molecular complexity index is 522. The zero-order valence-corrected chi connectivity index (χ0v) is 12.5. The summed E-state index contributed by atoms with van der Waals surface area (Å²) in [5.41, 5.74) is 0. The van der Waals surface area contributed by atoms with Gasteiger partial charge in [-0.25, -0.2) is 4.79 Å². The number of hydrogen-bond acceptors (Lipinski definition) is 4. The number of likely N-dealkylation sites (tertiary alicyclic amines) is 1. The van der Waals surface area contributed by atoms with Gasteiger partial charge < -0.3 is 19.0 Å². The fourth-order valence-electron chi connectivity index (χ4n) is 2.70. The van der Waals surface area contributed by atoms with Crippen molar-refractivity contribution >= 4 is 27.9 Å². The Hall–Kier alpha value is -1.50. The molecule has 20 heavy (non-hydrogen) atoms. The maximum atomic E-state index is 12.2. The molecule has 6 nitrogen and oxygen atoms in total.